The lowest BCUT2D eigenvalue weighted by Crippen LogP contribution is -2.74. The second-order valence-corrected chi connectivity index (χ2v) is 8.11. The van der Waals surface area contributed by atoms with Crippen molar-refractivity contribution in [1.29, 1.82) is 0 Å². The number of nitrogens with two attached hydrogens (primary N) is 1. The molecular formula is C18H33N7O3S3. The van der Waals surface area contributed by atoms with Crippen molar-refractivity contribution in [3.8, 4) is 0 Å². The van der Waals surface area contributed by atoms with Crippen LogP contribution < -0.4 is 26.8 Å². The van der Waals surface area contributed by atoms with Crippen LogP contribution in [0.15, 0.2) is 39.4 Å². The predicted octanol–water partition coefficient (Wildman–Crippen LogP) is 0.949. The maximum absolute atomic E-state index is 10.9. The Morgan fingerprint density at radius 3 is 1.74 bits per heavy atom. The monoisotopic (exact) mass is 491 g/mol. The lowest BCUT2D eigenvalue weighted by Gasteiger charge is -2.10. The maximum atomic E-state index is 10.9. The third-order valence-electron chi connectivity index (χ3n) is 2.80. The summed E-state index contributed by atoms with van der Waals surface area (Å²) >= 11 is 9.98. The minimum atomic E-state index is -4.47. The van der Waals surface area contributed by atoms with Crippen LogP contribution in [0, 0.1) is 0 Å². The third kappa shape index (κ3) is 16.2. The van der Waals surface area contributed by atoms with Gasteiger partial charge in [-0.2, -0.15) is 10.2 Å². The van der Waals surface area contributed by atoms with E-state index in [1.54, 1.807) is 20.9 Å². The molecule has 0 fully saturated rings. The molecule has 0 unspecified atom stereocenters. The summed E-state index contributed by atoms with van der Waals surface area (Å²) in [5.41, 5.74) is 6.94. The average Bonchev–Trinajstić information content (AvgIpc) is 2.70. The van der Waals surface area contributed by atoms with Crippen molar-refractivity contribution < 1.29 is 18.3 Å². The highest BCUT2D eigenvalue weighted by atomic mass is 32.2. The molecule has 1 rings (SSSR count). The van der Waals surface area contributed by atoms with Gasteiger partial charge in [-0.1, -0.05) is 20.3 Å². The molecule has 0 saturated carbocycles. The summed E-state index contributed by atoms with van der Waals surface area (Å²) in [5.74, 6) is 0. The molecule has 0 aliphatic heterocycles. The molecule has 0 bridgehead atoms. The standard InChI is InChI=1S/C13H18N6O3S3.C3H8.C2H7N/c1-8(16-18-12(23)14-3)9(2)17-19-13(24)15-10-4-6-11(7-5-10)25(20,21)22;2*1-3-2/h4-7H,1-3H3,(H2,14,18,23)(H2,15,19,24)(H,20,21,22);3H2,1-2H3;3H,1-2H3/b16-8+,17-9+;;. The molecular weight excluding hydrogens is 458 g/mol. The van der Waals surface area contributed by atoms with E-state index in [-0.39, 0.29) is 10.0 Å². The Morgan fingerprint density at radius 2 is 1.39 bits per heavy atom. The third-order valence-corrected chi connectivity index (χ3v) is 4.14. The van der Waals surface area contributed by atoms with Gasteiger partial charge in [-0.15, -0.1) is 0 Å². The summed E-state index contributed by atoms with van der Waals surface area (Å²) in [6.07, 6.45) is 1.25. The fourth-order valence-corrected chi connectivity index (χ4v) is 2.03. The van der Waals surface area contributed by atoms with Gasteiger partial charge in [0.1, 0.15) is 10.1 Å². The Hall–Kier alpha value is -2.19. The molecule has 0 radical (unpaired) electrons. The number of anilines is 1. The number of nitrogens with zero attached hydrogens (tertiary/aromatic N) is 2. The van der Waals surface area contributed by atoms with Crippen LogP contribution in [-0.4, -0.2) is 55.8 Å². The maximum Gasteiger partial charge on any atom is 0.191 e. The van der Waals surface area contributed by atoms with Crippen molar-refractivity contribution in [2.75, 3.05) is 26.5 Å². The zero-order chi connectivity index (χ0) is 24.4. The number of hydrazone groups is 2. The lowest BCUT2D eigenvalue weighted by molar-refractivity contribution is -0.597. The van der Waals surface area contributed by atoms with E-state index in [1.807, 2.05) is 19.4 Å². The highest BCUT2D eigenvalue weighted by Gasteiger charge is 2.03. The summed E-state index contributed by atoms with van der Waals surface area (Å²) < 4.78 is 32.6. The van der Waals surface area contributed by atoms with Gasteiger partial charge in [0.15, 0.2) is 10.2 Å². The van der Waals surface area contributed by atoms with Crippen LogP contribution in [0.4, 0.5) is 5.69 Å². The zero-order valence-corrected chi connectivity index (χ0v) is 21.4. The number of nitrogens with one attached hydrogen (secondary N) is 4. The molecule has 0 aromatic heterocycles. The predicted molar refractivity (Wildman–Crippen MR) is 135 cm³/mol. The highest BCUT2D eigenvalue weighted by molar-refractivity contribution is 7.85. The summed E-state index contributed by atoms with van der Waals surface area (Å²) in [4.78, 5) is -0.315. The van der Waals surface area contributed by atoms with Crippen LogP contribution in [0.1, 0.15) is 34.1 Å². The Balaban J connectivity index is 0. The Labute approximate surface area is 196 Å². The molecule has 1 aromatic rings. The molecule has 0 atom stereocenters. The van der Waals surface area contributed by atoms with Gasteiger partial charge in [-0.05, 0) is 62.5 Å². The minimum Gasteiger partial charge on any atom is -0.744 e. The number of quaternary nitrogens is 1. The van der Waals surface area contributed by atoms with Gasteiger partial charge in [0.05, 0.1) is 30.4 Å². The highest BCUT2D eigenvalue weighted by Crippen LogP contribution is 2.13. The first-order valence-corrected chi connectivity index (χ1v) is 11.6. The number of hydrogen-bond donors (Lipinski definition) is 5. The Morgan fingerprint density at radius 1 is 1.00 bits per heavy atom. The zero-order valence-electron chi connectivity index (χ0n) is 18.9. The summed E-state index contributed by atoms with van der Waals surface area (Å²) in [6, 6.07) is 5.22. The van der Waals surface area contributed by atoms with Crippen molar-refractivity contribution in [1.82, 2.24) is 16.2 Å². The first-order valence-electron chi connectivity index (χ1n) is 9.40. The quantitative estimate of drug-likeness (QED) is 0.176. The summed E-state index contributed by atoms with van der Waals surface area (Å²) in [5, 5.41) is 16.2. The van der Waals surface area contributed by atoms with Gasteiger partial charge in [-0.3, -0.25) is 10.9 Å². The van der Waals surface area contributed by atoms with Gasteiger partial charge in [0, 0.05) is 12.7 Å². The molecule has 31 heavy (non-hydrogen) atoms. The fourth-order valence-electron chi connectivity index (χ4n) is 1.35. The van der Waals surface area contributed by atoms with Gasteiger partial charge in [-0.25, -0.2) is 8.42 Å². The minimum absolute atomic E-state index is 0.184. The van der Waals surface area contributed by atoms with Crippen molar-refractivity contribution >= 4 is 61.9 Å². The van der Waals surface area contributed by atoms with Crippen molar-refractivity contribution in [3.63, 3.8) is 0 Å². The van der Waals surface area contributed by atoms with E-state index in [2.05, 4.69) is 45.5 Å². The molecule has 0 spiro atoms. The van der Waals surface area contributed by atoms with Crippen LogP contribution in [0.5, 0.6) is 0 Å². The Bertz CT molecular complexity index is 837. The van der Waals surface area contributed by atoms with Gasteiger partial charge in [0.2, 0.25) is 0 Å². The Kier molecular flexibility index (Phi) is 17.5. The topological polar surface area (TPSA) is 147 Å². The van der Waals surface area contributed by atoms with Gasteiger partial charge in [0.25, 0.3) is 0 Å². The second-order valence-electron chi connectivity index (χ2n) is 5.91. The molecule has 0 aliphatic carbocycles. The first kappa shape index (κ1) is 31.0. The smallest absolute Gasteiger partial charge is 0.191 e. The number of benzene rings is 1. The van der Waals surface area contributed by atoms with E-state index in [0.29, 0.717) is 22.2 Å². The normalized spacial score (nSPS) is 11.1. The van der Waals surface area contributed by atoms with Gasteiger partial charge < -0.3 is 20.5 Å². The van der Waals surface area contributed by atoms with Gasteiger partial charge >= 0.3 is 0 Å². The molecule has 0 amide bonds. The van der Waals surface area contributed by atoms with E-state index >= 15 is 0 Å². The second kappa shape index (κ2) is 17.5. The van der Waals surface area contributed by atoms with E-state index < -0.39 is 10.1 Å². The van der Waals surface area contributed by atoms with Crippen LogP contribution in [0.2, 0.25) is 0 Å². The van der Waals surface area contributed by atoms with Crippen molar-refractivity contribution in [3.05, 3.63) is 24.3 Å². The first-order chi connectivity index (χ1) is 14.5. The van der Waals surface area contributed by atoms with E-state index in [4.69, 9.17) is 24.4 Å². The van der Waals surface area contributed by atoms with Crippen LogP contribution in [0.25, 0.3) is 0 Å². The van der Waals surface area contributed by atoms with Crippen LogP contribution in [0.3, 0.4) is 0 Å². The average molecular weight is 492 g/mol. The number of hydrogen-bond acceptors (Lipinski definition) is 7. The fraction of sp³-hybridized carbons (Fsp3) is 0.444. The molecule has 10 nitrogen and oxygen atoms in total. The summed E-state index contributed by atoms with van der Waals surface area (Å²) in [7, 11) is 1.20. The number of rotatable bonds is 5. The molecule has 176 valence electrons. The number of thiocarbonyl (C=S) groups is 2. The van der Waals surface area contributed by atoms with E-state index in [1.165, 1.54) is 30.7 Å². The molecule has 0 saturated heterocycles. The molecule has 0 heterocycles. The van der Waals surface area contributed by atoms with Crippen LogP contribution in [-0.2, 0) is 10.1 Å². The lowest BCUT2D eigenvalue weighted by atomic mass is 10.3. The van der Waals surface area contributed by atoms with E-state index in [9.17, 15) is 13.0 Å². The SMILES string of the molecule is CCC.CNC(=S)N/N=C(C)/C(C)=N/NC(=S)Nc1ccc(S(=O)(=O)[O-])cc1.C[NH2+]C. The van der Waals surface area contributed by atoms with E-state index in [0.717, 1.165) is 0 Å². The molecule has 0 aliphatic rings. The van der Waals surface area contributed by atoms with Crippen LogP contribution >= 0.6 is 24.4 Å². The molecule has 6 N–H and O–H groups in total. The summed E-state index contributed by atoms with van der Waals surface area (Å²) in [6.45, 7) is 7.72. The molecule has 13 heteroatoms. The van der Waals surface area contributed by atoms with Crippen molar-refractivity contribution in [2.24, 2.45) is 10.2 Å². The molecule has 1 aromatic carbocycles. The van der Waals surface area contributed by atoms with Crippen molar-refractivity contribution in [2.45, 2.75) is 39.0 Å². The largest absolute Gasteiger partial charge is 0.744 e.